The Morgan fingerprint density at radius 2 is 1.82 bits per heavy atom. The number of cyclic esters (lactones) is 1. The summed E-state index contributed by atoms with van der Waals surface area (Å²) >= 11 is 0. The molecule has 1 aromatic heterocycles. The highest BCUT2D eigenvalue weighted by molar-refractivity contribution is 6.13. The minimum Gasteiger partial charge on any atom is -0.434 e. The number of aliphatic imine (C=N–C) groups is 1. The normalized spacial score (nSPS) is 15.0. The smallest absolute Gasteiger partial charge is 0.387 e. The van der Waals surface area contributed by atoms with Crippen LogP contribution in [0.1, 0.15) is 11.1 Å². The molecule has 0 unspecified atom stereocenters. The van der Waals surface area contributed by atoms with Crippen LogP contribution in [0.15, 0.2) is 77.7 Å². The zero-order valence-corrected chi connectivity index (χ0v) is 14.3. The van der Waals surface area contributed by atoms with Crippen LogP contribution in [-0.4, -0.2) is 28.3 Å². The Kier molecular flexibility index (Phi) is 4.67. The molecule has 0 saturated heterocycles. The summed E-state index contributed by atoms with van der Waals surface area (Å²) in [5.74, 6) is -0.903. The van der Waals surface area contributed by atoms with E-state index < -0.39 is 12.6 Å². The summed E-state index contributed by atoms with van der Waals surface area (Å²) in [5.41, 5.74) is 1.70. The van der Waals surface area contributed by atoms with Crippen LogP contribution in [0.5, 0.6) is 5.75 Å². The summed E-state index contributed by atoms with van der Waals surface area (Å²) < 4.78 is 36.4. The van der Waals surface area contributed by atoms with Gasteiger partial charge in [0, 0.05) is 11.8 Å². The van der Waals surface area contributed by atoms with E-state index in [2.05, 4.69) is 14.8 Å². The summed E-state index contributed by atoms with van der Waals surface area (Å²) in [6, 6.07) is 15.4. The van der Waals surface area contributed by atoms with E-state index in [1.807, 2.05) is 30.3 Å². The number of nitrogens with zero attached hydrogens (tertiary/aromatic N) is 3. The first-order valence-corrected chi connectivity index (χ1v) is 8.27. The maximum Gasteiger partial charge on any atom is 0.387 e. The molecule has 1 aliphatic heterocycles. The number of aromatic nitrogens is 2. The number of hydrogen-bond acceptors (Lipinski definition) is 5. The molecule has 3 aromatic rings. The fraction of sp³-hybridized carbons (Fsp3) is 0.0500. The van der Waals surface area contributed by atoms with Crippen molar-refractivity contribution in [3.63, 3.8) is 0 Å². The van der Waals surface area contributed by atoms with Gasteiger partial charge in [0.2, 0.25) is 5.90 Å². The molecule has 0 bridgehead atoms. The average Bonchev–Trinajstić information content (AvgIpc) is 3.30. The third-order valence-electron chi connectivity index (χ3n) is 3.88. The molecule has 0 fully saturated rings. The lowest BCUT2D eigenvalue weighted by Gasteiger charge is -2.08. The highest BCUT2D eigenvalue weighted by Gasteiger charge is 2.27. The first-order chi connectivity index (χ1) is 13.6. The molecular formula is C20H13F2N3O3. The fourth-order valence-corrected chi connectivity index (χ4v) is 2.66. The van der Waals surface area contributed by atoms with Crippen LogP contribution < -0.4 is 4.74 Å². The molecule has 1 aliphatic rings. The van der Waals surface area contributed by atoms with Crippen LogP contribution in [0, 0.1) is 0 Å². The average molecular weight is 381 g/mol. The monoisotopic (exact) mass is 381 g/mol. The number of carbonyl (C=O) groups excluding carboxylic acids is 1. The van der Waals surface area contributed by atoms with Gasteiger partial charge in [-0.15, -0.1) is 0 Å². The lowest BCUT2D eigenvalue weighted by Crippen LogP contribution is -2.10. The van der Waals surface area contributed by atoms with Gasteiger partial charge in [-0.05, 0) is 30.3 Å². The van der Waals surface area contributed by atoms with E-state index in [0.29, 0.717) is 5.56 Å². The lowest BCUT2D eigenvalue weighted by atomic mass is 10.2. The minimum absolute atomic E-state index is 0.0365. The second kappa shape index (κ2) is 7.43. The molecule has 6 nitrogen and oxygen atoms in total. The number of para-hydroxylation sites is 2. The minimum atomic E-state index is -3.00. The van der Waals surface area contributed by atoms with Crippen molar-refractivity contribution in [2.45, 2.75) is 6.61 Å². The van der Waals surface area contributed by atoms with E-state index in [1.165, 1.54) is 24.3 Å². The number of esters is 1. The van der Waals surface area contributed by atoms with Gasteiger partial charge in [-0.1, -0.05) is 30.3 Å². The summed E-state index contributed by atoms with van der Waals surface area (Å²) in [6.45, 7) is -3.00. The molecule has 0 amide bonds. The van der Waals surface area contributed by atoms with Gasteiger partial charge in [-0.25, -0.2) is 14.5 Å². The highest BCUT2D eigenvalue weighted by atomic mass is 19.3. The third kappa shape index (κ3) is 3.66. The molecule has 28 heavy (non-hydrogen) atoms. The largest absolute Gasteiger partial charge is 0.434 e. The SMILES string of the molecule is O=C1OC(c2ccccc2OC(F)F)=N/C1=C/c1cnn(-c2ccccc2)c1. The molecule has 0 aliphatic carbocycles. The van der Waals surface area contributed by atoms with Gasteiger partial charge in [0.05, 0.1) is 17.4 Å². The number of ether oxygens (including phenoxy) is 2. The maximum absolute atomic E-state index is 12.6. The van der Waals surface area contributed by atoms with Crippen molar-refractivity contribution in [1.82, 2.24) is 9.78 Å². The Balaban J connectivity index is 1.63. The van der Waals surface area contributed by atoms with E-state index in [-0.39, 0.29) is 22.9 Å². The molecule has 140 valence electrons. The predicted octanol–water partition coefficient (Wildman–Crippen LogP) is 3.82. The first-order valence-electron chi connectivity index (χ1n) is 8.27. The summed E-state index contributed by atoms with van der Waals surface area (Å²) in [7, 11) is 0. The fourth-order valence-electron chi connectivity index (χ4n) is 2.66. The van der Waals surface area contributed by atoms with Crippen LogP contribution in [-0.2, 0) is 9.53 Å². The molecule has 2 aromatic carbocycles. The quantitative estimate of drug-likeness (QED) is 0.498. The molecule has 0 saturated carbocycles. The molecule has 0 spiro atoms. The highest BCUT2D eigenvalue weighted by Crippen LogP contribution is 2.26. The van der Waals surface area contributed by atoms with Crippen LogP contribution in [0.4, 0.5) is 8.78 Å². The Labute approximate surface area is 158 Å². The van der Waals surface area contributed by atoms with Crippen molar-refractivity contribution in [2.24, 2.45) is 4.99 Å². The molecule has 0 N–H and O–H groups in total. The number of carbonyl (C=O) groups is 1. The molecule has 4 rings (SSSR count). The Morgan fingerprint density at radius 3 is 2.61 bits per heavy atom. The van der Waals surface area contributed by atoms with Gasteiger partial charge in [-0.3, -0.25) is 0 Å². The Bertz CT molecular complexity index is 1080. The molecule has 8 heteroatoms. The second-order valence-corrected chi connectivity index (χ2v) is 5.76. The van der Waals surface area contributed by atoms with Gasteiger partial charge in [-0.2, -0.15) is 13.9 Å². The van der Waals surface area contributed by atoms with Crippen molar-refractivity contribution >= 4 is 17.9 Å². The van der Waals surface area contributed by atoms with Crippen LogP contribution in [0.25, 0.3) is 11.8 Å². The van der Waals surface area contributed by atoms with Crippen LogP contribution >= 0.6 is 0 Å². The first kappa shape index (κ1) is 17.6. The number of hydrogen-bond donors (Lipinski definition) is 0. The van der Waals surface area contributed by atoms with Gasteiger partial charge < -0.3 is 9.47 Å². The number of rotatable bonds is 5. The van der Waals surface area contributed by atoms with Crippen molar-refractivity contribution in [1.29, 1.82) is 0 Å². The number of benzene rings is 2. The molecule has 0 radical (unpaired) electrons. The van der Waals surface area contributed by atoms with E-state index >= 15 is 0 Å². The summed E-state index contributed by atoms with van der Waals surface area (Å²) in [4.78, 5) is 16.3. The number of alkyl halides is 2. The Morgan fingerprint density at radius 1 is 1.07 bits per heavy atom. The summed E-state index contributed by atoms with van der Waals surface area (Å²) in [6.07, 6.45) is 4.82. The van der Waals surface area contributed by atoms with Gasteiger partial charge >= 0.3 is 12.6 Å². The standard InChI is InChI=1S/C20H13F2N3O3/c21-20(22)27-17-9-5-4-8-15(17)18-24-16(19(26)28-18)10-13-11-23-25(12-13)14-6-2-1-3-7-14/h1-12,20H/b16-10+. The lowest BCUT2D eigenvalue weighted by molar-refractivity contribution is -0.129. The van der Waals surface area contributed by atoms with Gasteiger partial charge in [0.15, 0.2) is 5.70 Å². The summed E-state index contributed by atoms with van der Waals surface area (Å²) in [5, 5.41) is 4.25. The van der Waals surface area contributed by atoms with E-state index in [1.54, 1.807) is 23.1 Å². The third-order valence-corrected chi connectivity index (χ3v) is 3.88. The second-order valence-electron chi connectivity index (χ2n) is 5.76. The van der Waals surface area contributed by atoms with E-state index in [4.69, 9.17) is 4.74 Å². The van der Waals surface area contributed by atoms with E-state index in [9.17, 15) is 13.6 Å². The van der Waals surface area contributed by atoms with Gasteiger partial charge in [0.25, 0.3) is 0 Å². The zero-order valence-electron chi connectivity index (χ0n) is 14.3. The maximum atomic E-state index is 12.6. The van der Waals surface area contributed by atoms with Crippen molar-refractivity contribution in [3.8, 4) is 11.4 Å². The van der Waals surface area contributed by atoms with Crippen molar-refractivity contribution in [3.05, 3.63) is 83.8 Å². The predicted molar refractivity (Wildman–Crippen MR) is 97.2 cm³/mol. The molecule has 0 atom stereocenters. The number of halogens is 2. The molecule has 2 heterocycles. The zero-order chi connectivity index (χ0) is 19.5. The molecular weight excluding hydrogens is 368 g/mol. The topological polar surface area (TPSA) is 65.7 Å². The van der Waals surface area contributed by atoms with Crippen molar-refractivity contribution in [2.75, 3.05) is 0 Å². The van der Waals surface area contributed by atoms with Gasteiger partial charge in [0.1, 0.15) is 5.75 Å². The Hall–Kier alpha value is -3.81. The van der Waals surface area contributed by atoms with Crippen LogP contribution in [0.3, 0.4) is 0 Å². The van der Waals surface area contributed by atoms with Crippen LogP contribution in [0.2, 0.25) is 0 Å². The van der Waals surface area contributed by atoms with E-state index in [0.717, 1.165) is 5.69 Å². The van der Waals surface area contributed by atoms with Crippen molar-refractivity contribution < 1.29 is 23.0 Å².